The molecule has 0 unspecified atom stereocenters. The monoisotopic (exact) mass is 314 g/mol. The van der Waals surface area contributed by atoms with Gasteiger partial charge in [0, 0.05) is 11.4 Å². The second-order valence-corrected chi connectivity index (χ2v) is 6.03. The zero-order valence-corrected chi connectivity index (χ0v) is 13.8. The Balaban J connectivity index is 2.01. The topological polar surface area (TPSA) is 59.6 Å². The van der Waals surface area contributed by atoms with Crippen molar-refractivity contribution in [3.8, 4) is 5.75 Å². The van der Waals surface area contributed by atoms with E-state index in [1.165, 1.54) is 0 Å². The van der Waals surface area contributed by atoms with Crippen LogP contribution in [-0.2, 0) is 4.74 Å². The van der Waals surface area contributed by atoms with E-state index in [9.17, 15) is 4.79 Å². The number of hydrogen-bond acceptors (Lipinski definition) is 4. The Morgan fingerprint density at radius 3 is 2.17 bits per heavy atom. The molecule has 0 bridgehead atoms. The molecule has 2 aromatic rings. The summed E-state index contributed by atoms with van der Waals surface area (Å²) < 4.78 is 10.5. The fourth-order valence-corrected chi connectivity index (χ4v) is 1.96. The zero-order valence-electron chi connectivity index (χ0n) is 13.8. The van der Waals surface area contributed by atoms with Crippen LogP contribution < -0.4 is 15.4 Å². The minimum Gasteiger partial charge on any atom is -0.495 e. The van der Waals surface area contributed by atoms with Crippen molar-refractivity contribution in [1.29, 1.82) is 0 Å². The molecule has 2 N–H and O–H groups in total. The molecule has 0 aliphatic heterocycles. The number of benzene rings is 2. The second-order valence-electron chi connectivity index (χ2n) is 6.03. The van der Waals surface area contributed by atoms with Crippen LogP contribution in [0.4, 0.5) is 21.9 Å². The fraction of sp³-hybridized carbons (Fsp3) is 0.278. The Bertz CT molecular complexity index is 661. The van der Waals surface area contributed by atoms with Crippen LogP contribution in [0.25, 0.3) is 0 Å². The van der Waals surface area contributed by atoms with Crippen LogP contribution in [0.2, 0.25) is 0 Å². The molecule has 0 aromatic heterocycles. The first-order valence-electron chi connectivity index (χ1n) is 7.37. The maximum absolute atomic E-state index is 11.7. The molecule has 0 atom stereocenters. The predicted octanol–water partition coefficient (Wildman–Crippen LogP) is 4.79. The second kappa shape index (κ2) is 7.05. The summed E-state index contributed by atoms with van der Waals surface area (Å²) in [6.45, 7) is 5.48. The lowest BCUT2D eigenvalue weighted by atomic mass is 10.2. The molecule has 0 radical (unpaired) electrons. The number of amides is 1. The van der Waals surface area contributed by atoms with Gasteiger partial charge in [0.15, 0.2) is 0 Å². The van der Waals surface area contributed by atoms with E-state index in [0.29, 0.717) is 5.69 Å². The van der Waals surface area contributed by atoms with Crippen molar-refractivity contribution in [2.75, 3.05) is 17.7 Å². The summed E-state index contributed by atoms with van der Waals surface area (Å²) in [5.41, 5.74) is 1.92. The summed E-state index contributed by atoms with van der Waals surface area (Å²) in [5, 5.41) is 5.97. The van der Waals surface area contributed by atoms with Crippen molar-refractivity contribution in [3.63, 3.8) is 0 Å². The van der Waals surface area contributed by atoms with Gasteiger partial charge in [-0.1, -0.05) is 12.1 Å². The zero-order chi connectivity index (χ0) is 16.9. The van der Waals surface area contributed by atoms with Crippen molar-refractivity contribution >= 4 is 23.2 Å². The van der Waals surface area contributed by atoms with Crippen LogP contribution in [0.1, 0.15) is 20.8 Å². The highest BCUT2D eigenvalue weighted by Crippen LogP contribution is 2.27. The molecule has 0 fully saturated rings. The van der Waals surface area contributed by atoms with Gasteiger partial charge in [0.05, 0.1) is 12.8 Å². The molecule has 2 rings (SSSR count). The molecular weight excluding hydrogens is 292 g/mol. The van der Waals surface area contributed by atoms with Gasteiger partial charge < -0.3 is 14.8 Å². The lowest BCUT2D eigenvalue weighted by molar-refractivity contribution is 0.0636. The minimum absolute atomic E-state index is 0.470. The molecule has 0 aliphatic rings. The summed E-state index contributed by atoms with van der Waals surface area (Å²) in [6, 6.07) is 15.0. The lowest BCUT2D eigenvalue weighted by Crippen LogP contribution is -2.27. The SMILES string of the molecule is COc1ccccc1Nc1ccc(NC(=O)OC(C)(C)C)cc1. The first kappa shape index (κ1) is 16.7. The van der Waals surface area contributed by atoms with Gasteiger partial charge in [-0.15, -0.1) is 0 Å². The van der Waals surface area contributed by atoms with Gasteiger partial charge in [0.1, 0.15) is 11.4 Å². The number of carbonyl (C=O) groups is 1. The molecule has 5 nitrogen and oxygen atoms in total. The first-order chi connectivity index (χ1) is 10.9. The average Bonchev–Trinajstić information content (AvgIpc) is 2.48. The molecule has 0 spiro atoms. The van der Waals surface area contributed by atoms with Crippen molar-refractivity contribution in [2.24, 2.45) is 0 Å². The number of carbonyl (C=O) groups excluding carboxylic acids is 1. The smallest absolute Gasteiger partial charge is 0.412 e. The van der Waals surface area contributed by atoms with Gasteiger partial charge >= 0.3 is 6.09 Å². The number of rotatable bonds is 4. The summed E-state index contributed by atoms with van der Waals surface area (Å²) in [5.74, 6) is 0.767. The molecule has 2 aromatic carbocycles. The normalized spacial score (nSPS) is 10.8. The Morgan fingerprint density at radius 2 is 1.57 bits per heavy atom. The summed E-state index contributed by atoms with van der Waals surface area (Å²) >= 11 is 0. The van der Waals surface area contributed by atoms with E-state index in [2.05, 4.69) is 10.6 Å². The maximum atomic E-state index is 11.7. The summed E-state index contributed by atoms with van der Waals surface area (Å²) in [7, 11) is 1.63. The number of para-hydroxylation sites is 2. The van der Waals surface area contributed by atoms with Gasteiger partial charge in [-0.2, -0.15) is 0 Å². The van der Waals surface area contributed by atoms with Crippen LogP contribution in [0, 0.1) is 0 Å². The molecule has 0 saturated carbocycles. The average molecular weight is 314 g/mol. The summed E-state index contributed by atoms with van der Waals surface area (Å²) in [6.07, 6.45) is -0.470. The molecule has 5 heteroatoms. The third-order valence-electron chi connectivity index (χ3n) is 2.92. The van der Waals surface area contributed by atoms with Crippen LogP contribution in [0.15, 0.2) is 48.5 Å². The van der Waals surface area contributed by atoms with E-state index >= 15 is 0 Å². The van der Waals surface area contributed by atoms with Gasteiger partial charge in [0.25, 0.3) is 0 Å². The van der Waals surface area contributed by atoms with Crippen molar-refractivity contribution in [3.05, 3.63) is 48.5 Å². The largest absolute Gasteiger partial charge is 0.495 e. The summed E-state index contributed by atoms with van der Waals surface area (Å²) in [4.78, 5) is 11.7. The highest BCUT2D eigenvalue weighted by atomic mass is 16.6. The molecule has 0 saturated heterocycles. The predicted molar refractivity (Wildman–Crippen MR) is 92.6 cm³/mol. The van der Waals surface area contributed by atoms with E-state index in [4.69, 9.17) is 9.47 Å². The van der Waals surface area contributed by atoms with Crippen LogP contribution >= 0.6 is 0 Å². The van der Waals surface area contributed by atoms with Gasteiger partial charge in [-0.3, -0.25) is 5.32 Å². The first-order valence-corrected chi connectivity index (χ1v) is 7.37. The Kier molecular flexibility index (Phi) is 5.11. The van der Waals surface area contributed by atoms with Gasteiger partial charge in [-0.25, -0.2) is 4.79 Å². The minimum atomic E-state index is -0.518. The van der Waals surface area contributed by atoms with Crippen molar-refractivity contribution in [1.82, 2.24) is 0 Å². The lowest BCUT2D eigenvalue weighted by Gasteiger charge is -2.19. The Morgan fingerprint density at radius 1 is 0.957 bits per heavy atom. The van der Waals surface area contributed by atoms with Crippen LogP contribution in [-0.4, -0.2) is 18.8 Å². The highest BCUT2D eigenvalue weighted by Gasteiger charge is 2.16. The number of hydrogen-bond donors (Lipinski definition) is 2. The third-order valence-corrected chi connectivity index (χ3v) is 2.92. The molecule has 0 heterocycles. The molecular formula is C18H22N2O3. The van der Waals surface area contributed by atoms with Crippen molar-refractivity contribution in [2.45, 2.75) is 26.4 Å². The Hall–Kier alpha value is -2.69. The number of ether oxygens (including phenoxy) is 2. The molecule has 1 amide bonds. The third kappa shape index (κ3) is 5.21. The van der Waals surface area contributed by atoms with Crippen LogP contribution in [0.5, 0.6) is 5.75 Å². The van der Waals surface area contributed by atoms with E-state index in [1.807, 2.05) is 69.3 Å². The van der Waals surface area contributed by atoms with E-state index in [-0.39, 0.29) is 0 Å². The van der Waals surface area contributed by atoms with Crippen molar-refractivity contribution < 1.29 is 14.3 Å². The molecule has 122 valence electrons. The molecule has 0 aliphatic carbocycles. The number of anilines is 3. The quantitative estimate of drug-likeness (QED) is 0.852. The highest BCUT2D eigenvalue weighted by molar-refractivity contribution is 5.85. The van der Waals surface area contributed by atoms with E-state index in [1.54, 1.807) is 7.11 Å². The fourth-order valence-electron chi connectivity index (χ4n) is 1.96. The van der Waals surface area contributed by atoms with Gasteiger partial charge in [0.2, 0.25) is 0 Å². The number of methoxy groups -OCH3 is 1. The standard InChI is InChI=1S/C18H22N2O3/c1-18(2,3)23-17(21)20-14-11-9-13(10-12-14)19-15-7-5-6-8-16(15)22-4/h5-12,19H,1-4H3,(H,20,21). The Labute approximate surface area is 136 Å². The molecule has 23 heavy (non-hydrogen) atoms. The van der Waals surface area contributed by atoms with Crippen LogP contribution in [0.3, 0.4) is 0 Å². The van der Waals surface area contributed by atoms with E-state index < -0.39 is 11.7 Å². The van der Waals surface area contributed by atoms with Gasteiger partial charge in [-0.05, 0) is 57.2 Å². The maximum Gasteiger partial charge on any atom is 0.412 e. The van der Waals surface area contributed by atoms with E-state index in [0.717, 1.165) is 17.1 Å². The number of nitrogens with one attached hydrogen (secondary N) is 2.